The van der Waals surface area contributed by atoms with Crippen molar-refractivity contribution in [3.8, 4) is 5.75 Å². The maximum atomic E-state index is 12.1. The van der Waals surface area contributed by atoms with Gasteiger partial charge in [0.05, 0.1) is 0 Å². The number of aryl methyl sites for hydroxylation is 3. The van der Waals surface area contributed by atoms with Gasteiger partial charge in [0.25, 0.3) is 0 Å². The minimum absolute atomic E-state index is 0. The van der Waals surface area contributed by atoms with Crippen molar-refractivity contribution in [2.45, 2.75) is 26.7 Å². The molecule has 0 fully saturated rings. The third-order valence-electron chi connectivity index (χ3n) is 3.64. The zero-order valence-electron chi connectivity index (χ0n) is 14.2. The first-order valence-electron chi connectivity index (χ1n) is 7.87. The molecule has 0 unspecified atom stereocenters. The Hall–Kier alpha value is -2.04. The van der Waals surface area contributed by atoms with E-state index in [-0.39, 0.29) is 18.3 Å². The van der Waals surface area contributed by atoms with Gasteiger partial charge in [-0.3, -0.25) is 4.79 Å². The van der Waals surface area contributed by atoms with Crippen LogP contribution in [-0.4, -0.2) is 19.1 Å². The van der Waals surface area contributed by atoms with E-state index in [1.54, 1.807) is 0 Å². The lowest BCUT2D eigenvalue weighted by Gasteiger charge is -2.09. The number of hydrogen-bond acceptors (Lipinski definition) is 3. The number of ether oxygens (including phenoxy) is 1. The van der Waals surface area contributed by atoms with E-state index in [4.69, 9.17) is 10.5 Å². The summed E-state index contributed by atoms with van der Waals surface area (Å²) in [6.07, 6.45) is 1.21. The Kier molecular flexibility index (Phi) is 8.30. The fraction of sp³-hybridized carbons (Fsp3) is 0.316. The summed E-state index contributed by atoms with van der Waals surface area (Å²) in [5.41, 5.74) is 9.86. The highest BCUT2D eigenvalue weighted by atomic mass is 35.5. The van der Waals surface area contributed by atoms with E-state index in [0.717, 1.165) is 17.9 Å². The number of nitrogens with one attached hydrogen (secondary N) is 1. The first-order chi connectivity index (χ1) is 11.1. The minimum Gasteiger partial charge on any atom is -0.492 e. The van der Waals surface area contributed by atoms with E-state index in [1.807, 2.05) is 24.3 Å². The van der Waals surface area contributed by atoms with Crippen LogP contribution in [0.15, 0.2) is 42.5 Å². The quantitative estimate of drug-likeness (QED) is 0.803. The second kappa shape index (κ2) is 9.96. The maximum Gasteiger partial charge on any atom is 0.224 e. The predicted molar refractivity (Wildman–Crippen MR) is 101 cm³/mol. The van der Waals surface area contributed by atoms with Crippen LogP contribution in [-0.2, 0) is 11.2 Å². The van der Waals surface area contributed by atoms with E-state index in [1.165, 1.54) is 16.7 Å². The summed E-state index contributed by atoms with van der Waals surface area (Å²) in [4.78, 5) is 12.1. The highest BCUT2D eigenvalue weighted by molar-refractivity contribution is 5.90. The lowest BCUT2D eigenvalue weighted by atomic mass is 10.0. The molecule has 2 aromatic carbocycles. The molecule has 0 spiro atoms. The number of halogens is 1. The topological polar surface area (TPSA) is 64.3 Å². The molecule has 0 radical (unpaired) electrons. The predicted octanol–water partition coefficient (Wildman–Crippen LogP) is 3.63. The second-order valence-electron chi connectivity index (χ2n) is 5.64. The van der Waals surface area contributed by atoms with Gasteiger partial charge in [0.2, 0.25) is 5.91 Å². The van der Waals surface area contributed by atoms with Gasteiger partial charge >= 0.3 is 0 Å². The molecule has 0 saturated heterocycles. The molecule has 0 aliphatic carbocycles. The minimum atomic E-state index is 0. The van der Waals surface area contributed by atoms with Gasteiger partial charge in [0.15, 0.2) is 0 Å². The van der Waals surface area contributed by atoms with Gasteiger partial charge < -0.3 is 15.8 Å². The lowest BCUT2D eigenvalue weighted by Crippen LogP contribution is -2.13. The molecule has 2 aromatic rings. The zero-order valence-corrected chi connectivity index (χ0v) is 15.0. The lowest BCUT2D eigenvalue weighted by molar-refractivity contribution is -0.116. The number of hydrogen-bond donors (Lipinski definition) is 2. The molecule has 0 aliphatic heterocycles. The van der Waals surface area contributed by atoms with Crippen molar-refractivity contribution in [3.05, 3.63) is 59.2 Å². The van der Waals surface area contributed by atoms with Crippen LogP contribution in [0.3, 0.4) is 0 Å². The van der Waals surface area contributed by atoms with Crippen molar-refractivity contribution in [2.24, 2.45) is 5.73 Å². The average molecular weight is 349 g/mol. The fourth-order valence-corrected chi connectivity index (χ4v) is 2.41. The molecule has 2 rings (SSSR count). The Bertz CT molecular complexity index is 657. The molecule has 4 nitrogen and oxygen atoms in total. The fourth-order valence-electron chi connectivity index (χ4n) is 2.41. The molecule has 0 saturated carbocycles. The van der Waals surface area contributed by atoms with Crippen LogP contribution >= 0.6 is 12.4 Å². The molecule has 0 bridgehead atoms. The van der Waals surface area contributed by atoms with E-state index < -0.39 is 0 Å². The van der Waals surface area contributed by atoms with E-state index in [9.17, 15) is 4.79 Å². The highest BCUT2D eigenvalue weighted by Crippen LogP contribution is 2.17. The number of amides is 1. The molecule has 1 amide bonds. The number of nitrogens with two attached hydrogens (primary N) is 1. The molecule has 5 heteroatoms. The largest absolute Gasteiger partial charge is 0.492 e. The van der Waals surface area contributed by atoms with Crippen LogP contribution in [0.1, 0.15) is 23.1 Å². The first kappa shape index (κ1) is 20.0. The normalized spacial score (nSPS) is 9.96. The monoisotopic (exact) mass is 348 g/mol. The van der Waals surface area contributed by atoms with Crippen molar-refractivity contribution in [2.75, 3.05) is 18.5 Å². The maximum absolute atomic E-state index is 12.1. The number of carbonyl (C=O) groups is 1. The van der Waals surface area contributed by atoms with Crippen molar-refractivity contribution in [1.82, 2.24) is 0 Å². The smallest absolute Gasteiger partial charge is 0.224 e. The standard InChI is InChI=1S/C19H24N2O2.ClH/c1-14-3-4-16(15(2)13-14)5-10-19(22)21-17-6-8-18(9-7-17)23-12-11-20;/h3-4,6-9,13H,5,10-12,20H2,1-2H3,(H,21,22);1H. The van der Waals surface area contributed by atoms with Gasteiger partial charge in [-0.25, -0.2) is 0 Å². The molecule has 0 atom stereocenters. The Morgan fingerprint density at radius 3 is 2.46 bits per heavy atom. The molecule has 0 heterocycles. The first-order valence-corrected chi connectivity index (χ1v) is 7.87. The summed E-state index contributed by atoms with van der Waals surface area (Å²) >= 11 is 0. The second-order valence-corrected chi connectivity index (χ2v) is 5.64. The Morgan fingerprint density at radius 1 is 1.12 bits per heavy atom. The molecule has 24 heavy (non-hydrogen) atoms. The Morgan fingerprint density at radius 2 is 1.83 bits per heavy atom. The zero-order chi connectivity index (χ0) is 16.7. The van der Waals surface area contributed by atoms with Gasteiger partial charge in [0.1, 0.15) is 12.4 Å². The van der Waals surface area contributed by atoms with Crippen molar-refractivity contribution < 1.29 is 9.53 Å². The van der Waals surface area contributed by atoms with Crippen LogP contribution in [0.2, 0.25) is 0 Å². The molecule has 0 aliphatic rings. The molecular weight excluding hydrogens is 324 g/mol. The number of rotatable bonds is 7. The van der Waals surface area contributed by atoms with Crippen LogP contribution < -0.4 is 15.8 Å². The summed E-state index contributed by atoms with van der Waals surface area (Å²) in [7, 11) is 0. The third-order valence-corrected chi connectivity index (χ3v) is 3.64. The van der Waals surface area contributed by atoms with Gasteiger partial charge in [0, 0.05) is 18.7 Å². The van der Waals surface area contributed by atoms with E-state index in [2.05, 4.69) is 37.4 Å². The molecule has 3 N–H and O–H groups in total. The molecular formula is C19H25ClN2O2. The summed E-state index contributed by atoms with van der Waals surface area (Å²) < 4.78 is 5.41. The van der Waals surface area contributed by atoms with Crippen LogP contribution in [0.5, 0.6) is 5.75 Å². The SMILES string of the molecule is Cc1ccc(CCC(=O)Nc2ccc(OCCN)cc2)c(C)c1.Cl. The van der Waals surface area contributed by atoms with Gasteiger partial charge in [-0.2, -0.15) is 0 Å². The Labute approximate surface area is 149 Å². The van der Waals surface area contributed by atoms with Crippen molar-refractivity contribution in [3.63, 3.8) is 0 Å². The highest BCUT2D eigenvalue weighted by Gasteiger charge is 2.05. The summed E-state index contributed by atoms with van der Waals surface area (Å²) in [5.74, 6) is 0.768. The van der Waals surface area contributed by atoms with Crippen molar-refractivity contribution in [1.29, 1.82) is 0 Å². The third kappa shape index (κ3) is 6.22. The van der Waals surface area contributed by atoms with Gasteiger partial charge in [-0.05, 0) is 55.7 Å². The van der Waals surface area contributed by atoms with E-state index in [0.29, 0.717) is 19.6 Å². The van der Waals surface area contributed by atoms with Crippen molar-refractivity contribution >= 4 is 24.0 Å². The summed E-state index contributed by atoms with van der Waals surface area (Å²) in [5, 5.41) is 2.91. The molecule has 0 aromatic heterocycles. The number of anilines is 1. The Balaban J connectivity index is 0.00000288. The van der Waals surface area contributed by atoms with Crippen LogP contribution in [0, 0.1) is 13.8 Å². The van der Waals surface area contributed by atoms with Crippen LogP contribution in [0.4, 0.5) is 5.69 Å². The molecule has 130 valence electrons. The van der Waals surface area contributed by atoms with Gasteiger partial charge in [-0.1, -0.05) is 23.8 Å². The van der Waals surface area contributed by atoms with Gasteiger partial charge in [-0.15, -0.1) is 12.4 Å². The number of benzene rings is 2. The number of carbonyl (C=O) groups excluding carboxylic acids is 1. The van der Waals surface area contributed by atoms with Crippen LogP contribution in [0.25, 0.3) is 0 Å². The van der Waals surface area contributed by atoms with E-state index >= 15 is 0 Å². The summed E-state index contributed by atoms with van der Waals surface area (Å²) in [6, 6.07) is 13.7. The average Bonchev–Trinajstić information content (AvgIpc) is 2.53. The summed E-state index contributed by atoms with van der Waals surface area (Å²) in [6.45, 7) is 5.13.